The third-order valence-corrected chi connectivity index (χ3v) is 2.81. The number of rotatable bonds is 4. The number of halogens is 1. The number of nitrogens with two attached hydrogens (primary N) is 1. The van der Waals surface area contributed by atoms with Gasteiger partial charge in [0.05, 0.1) is 12.2 Å². The zero-order chi connectivity index (χ0) is 14.3. The van der Waals surface area contributed by atoms with Crippen molar-refractivity contribution in [3.63, 3.8) is 0 Å². The van der Waals surface area contributed by atoms with Gasteiger partial charge < -0.3 is 11.1 Å². The Bertz CT molecular complexity index is 503. The topological polar surface area (TPSA) is 55.1 Å². The van der Waals surface area contributed by atoms with Crippen LogP contribution < -0.4 is 11.1 Å². The molecule has 4 heteroatoms. The number of anilines is 1. The number of benzene rings is 1. The molecule has 3 nitrogen and oxygen atoms in total. The third kappa shape index (κ3) is 5.11. The highest BCUT2D eigenvalue weighted by atomic mass is 19.1. The van der Waals surface area contributed by atoms with Gasteiger partial charge in [0.2, 0.25) is 5.91 Å². The van der Waals surface area contributed by atoms with Crippen LogP contribution in [0, 0.1) is 23.6 Å². The molecule has 0 heterocycles. The summed E-state index contributed by atoms with van der Waals surface area (Å²) in [6.07, 6.45) is 1.31. The van der Waals surface area contributed by atoms with Crippen LogP contribution in [-0.4, -0.2) is 12.5 Å². The van der Waals surface area contributed by atoms with E-state index in [-0.39, 0.29) is 24.1 Å². The Labute approximate surface area is 113 Å². The quantitative estimate of drug-likeness (QED) is 0.819. The van der Waals surface area contributed by atoms with Crippen LogP contribution in [-0.2, 0) is 4.79 Å². The van der Waals surface area contributed by atoms with Crippen molar-refractivity contribution in [1.82, 2.24) is 0 Å². The van der Waals surface area contributed by atoms with E-state index in [0.29, 0.717) is 12.0 Å². The molecule has 0 aromatic heterocycles. The fourth-order valence-electron chi connectivity index (χ4n) is 1.51. The van der Waals surface area contributed by atoms with Crippen molar-refractivity contribution in [2.24, 2.45) is 11.7 Å². The molecule has 1 aromatic rings. The Morgan fingerprint density at radius 2 is 2.26 bits per heavy atom. The number of carbonyl (C=O) groups excluding carboxylic acids is 1. The molecule has 1 amide bonds. The first-order chi connectivity index (χ1) is 9.06. The van der Waals surface area contributed by atoms with Crippen LogP contribution in [0.4, 0.5) is 10.1 Å². The number of carbonyl (C=O) groups is 1. The van der Waals surface area contributed by atoms with Gasteiger partial charge in [-0.3, -0.25) is 4.79 Å². The summed E-state index contributed by atoms with van der Waals surface area (Å²) in [4.78, 5) is 11.7. The van der Waals surface area contributed by atoms with Gasteiger partial charge in [0, 0.05) is 12.0 Å². The number of hydrogen-bond donors (Lipinski definition) is 2. The van der Waals surface area contributed by atoms with E-state index in [4.69, 9.17) is 5.73 Å². The van der Waals surface area contributed by atoms with Crippen LogP contribution in [0.25, 0.3) is 0 Å². The summed E-state index contributed by atoms with van der Waals surface area (Å²) >= 11 is 0. The van der Waals surface area contributed by atoms with Gasteiger partial charge in [-0.15, -0.1) is 0 Å². The first-order valence-electron chi connectivity index (χ1n) is 6.35. The molecule has 102 valence electrons. The zero-order valence-electron chi connectivity index (χ0n) is 11.3. The monoisotopic (exact) mass is 262 g/mol. The van der Waals surface area contributed by atoms with E-state index in [1.807, 2.05) is 13.8 Å². The smallest absolute Gasteiger partial charge is 0.224 e. The van der Waals surface area contributed by atoms with Gasteiger partial charge in [-0.05, 0) is 24.1 Å². The van der Waals surface area contributed by atoms with Gasteiger partial charge in [0.25, 0.3) is 0 Å². The maximum absolute atomic E-state index is 13.7. The number of nitrogens with one attached hydrogen (secondary N) is 1. The van der Waals surface area contributed by atoms with Crippen LogP contribution in [0.3, 0.4) is 0 Å². The van der Waals surface area contributed by atoms with Crippen LogP contribution in [0.2, 0.25) is 0 Å². The van der Waals surface area contributed by atoms with E-state index in [1.54, 1.807) is 6.07 Å². The van der Waals surface area contributed by atoms with Crippen molar-refractivity contribution < 1.29 is 9.18 Å². The molecule has 1 aromatic carbocycles. The number of hydrogen-bond acceptors (Lipinski definition) is 2. The predicted octanol–water partition coefficient (Wildman–Crippen LogP) is 2.51. The van der Waals surface area contributed by atoms with Crippen LogP contribution in [0.15, 0.2) is 18.2 Å². The normalized spacial score (nSPS) is 11.4. The van der Waals surface area contributed by atoms with Crippen molar-refractivity contribution in [2.45, 2.75) is 26.7 Å². The zero-order valence-corrected chi connectivity index (χ0v) is 11.3. The molecule has 3 N–H and O–H groups in total. The SMILES string of the molecule is CCC(C)CC(=O)Nc1ccc(C#CCN)cc1F. The molecule has 19 heavy (non-hydrogen) atoms. The van der Waals surface area contributed by atoms with Gasteiger partial charge in [-0.2, -0.15) is 0 Å². The molecular formula is C15H19FN2O. The third-order valence-electron chi connectivity index (χ3n) is 2.81. The van der Waals surface area contributed by atoms with E-state index in [2.05, 4.69) is 17.2 Å². The summed E-state index contributed by atoms with van der Waals surface area (Å²) in [5, 5.41) is 2.57. The first kappa shape index (κ1) is 15.2. The maximum atomic E-state index is 13.7. The van der Waals surface area contributed by atoms with Crippen molar-refractivity contribution in [1.29, 1.82) is 0 Å². The molecule has 0 spiro atoms. The lowest BCUT2D eigenvalue weighted by atomic mass is 10.0. The summed E-state index contributed by atoms with van der Waals surface area (Å²) in [6.45, 7) is 4.24. The second kappa shape index (κ2) is 7.55. The van der Waals surface area contributed by atoms with E-state index in [1.165, 1.54) is 12.1 Å². The first-order valence-corrected chi connectivity index (χ1v) is 6.35. The molecule has 1 rings (SSSR count). The summed E-state index contributed by atoms with van der Waals surface area (Å²) < 4.78 is 13.7. The molecule has 0 radical (unpaired) electrons. The lowest BCUT2D eigenvalue weighted by molar-refractivity contribution is -0.117. The Hall–Kier alpha value is -1.86. The minimum absolute atomic E-state index is 0.172. The average molecular weight is 262 g/mol. The Morgan fingerprint density at radius 3 is 2.84 bits per heavy atom. The van der Waals surface area contributed by atoms with E-state index in [0.717, 1.165) is 6.42 Å². The van der Waals surface area contributed by atoms with Gasteiger partial charge in [-0.25, -0.2) is 4.39 Å². The largest absolute Gasteiger partial charge is 0.324 e. The van der Waals surface area contributed by atoms with Crippen molar-refractivity contribution in [3.05, 3.63) is 29.6 Å². The lowest BCUT2D eigenvalue weighted by Crippen LogP contribution is -2.15. The van der Waals surface area contributed by atoms with Crippen LogP contribution in [0.1, 0.15) is 32.3 Å². The highest BCUT2D eigenvalue weighted by Gasteiger charge is 2.10. The minimum Gasteiger partial charge on any atom is -0.324 e. The molecule has 0 bridgehead atoms. The lowest BCUT2D eigenvalue weighted by Gasteiger charge is -2.10. The molecule has 1 unspecified atom stereocenters. The van der Waals surface area contributed by atoms with E-state index < -0.39 is 5.82 Å². The molecular weight excluding hydrogens is 243 g/mol. The van der Waals surface area contributed by atoms with Gasteiger partial charge in [0.1, 0.15) is 5.82 Å². The fraction of sp³-hybridized carbons (Fsp3) is 0.400. The van der Waals surface area contributed by atoms with Gasteiger partial charge in [-0.1, -0.05) is 32.1 Å². The molecule has 1 atom stereocenters. The second-order valence-corrected chi connectivity index (χ2v) is 4.47. The van der Waals surface area contributed by atoms with Gasteiger partial charge in [0.15, 0.2) is 0 Å². The Morgan fingerprint density at radius 1 is 1.53 bits per heavy atom. The summed E-state index contributed by atoms with van der Waals surface area (Å²) in [5.41, 5.74) is 5.98. The predicted molar refractivity (Wildman–Crippen MR) is 75.0 cm³/mol. The van der Waals surface area contributed by atoms with Crippen LogP contribution >= 0.6 is 0 Å². The van der Waals surface area contributed by atoms with E-state index >= 15 is 0 Å². The van der Waals surface area contributed by atoms with Crippen molar-refractivity contribution >= 4 is 11.6 Å². The Kier molecular flexibility index (Phi) is 6.04. The van der Waals surface area contributed by atoms with Crippen molar-refractivity contribution in [3.8, 4) is 11.8 Å². The molecule has 0 aliphatic heterocycles. The van der Waals surface area contributed by atoms with Crippen molar-refractivity contribution in [2.75, 3.05) is 11.9 Å². The second-order valence-electron chi connectivity index (χ2n) is 4.47. The maximum Gasteiger partial charge on any atom is 0.224 e. The number of amides is 1. The molecule has 0 aliphatic rings. The Balaban J connectivity index is 2.72. The van der Waals surface area contributed by atoms with Gasteiger partial charge >= 0.3 is 0 Å². The molecule has 0 saturated heterocycles. The molecule has 0 aliphatic carbocycles. The fourth-order valence-corrected chi connectivity index (χ4v) is 1.51. The highest BCUT2D eigenvalue weighted by molar-refractivity contribution is 5.91. The summed E-state index contributed by atoms with van der Waals surface area (Å²) in [6, 6.07) is 4.47. The van der Waals surface area contributed by atoms with Crippen LogP contribution in [0.5, 0.6) is 0 Å². The highest BCUT2D eigenvalue weighted by Crippen LogP contribution is 2.16. The minimum atomic E-state index is -0.485. The summed E-state index contributed by atoms with van der Waals surface area (Å²) in [5.74, 6) is 5.02. The standard InChI is InChI=1S/C15H19FN2O/c1-3-11(2)9-15(19)18-14-7-6-12(5-4-8-17)10-13(14)16/h6-7,10-11H,3,8-9,17H2,1-2H3,(H,18,19). The average Bonchev–Trinajstić information content (AvgIpc) is 2.39. The van der Waals surface area contributed by atoms with E-state index in [9.17, 15) is 9.18 Å². The molecule has 0 fully saturated rings. The molecule has 0 saturated carbocycles. The summed E-state index contributed by atoms with van der Waals surface area (Å²) in [7, 11) is 0.